The van der Waals surface area contributed by atoms with Crippen LogP contribution in [-0.4, -0.2) is 24.5 Å². The van der Waals surface area contributed by atoms with E-state index in [1.807, 2.05) is 6.92 Å². The van der Waals surface area contributed by atoms with Crippen molar-refractivity contribution in [2.24, 2.45) is 0 Å². The number of rotatable bonds is 13. The standard InChI is InChI=1S/C23H34N2O4S/c1-3-4-5-6-7-8-9-10-17-23(22(26)25-27,21-12-11-18-24-21)30(28,29)20-15-13-19(2)14-16-20/h11-16,18,24,27H,3-10,17H2,1-2H3,(H,25,26). The van der Waals surface area contributed by atoms with E-state index in [-0.39, 0.29) is 17.0 Å². The van der Waals surface area contributed by atoms with E-state index in [9.17, 15) is 18.4 Å². The number of benzene rings is 1. The number of aryl methyl sites for hydroxylation is 1. The van der Waals surface area contributed by atoms with Crippen molar-refractivity contribution < 1.29 is 18.4 Å². The van der Waals surface area contributed by atoms with E-state index >= 15 is 0 Å². The van der Waals surface area contributed by atoms with Crippen molar-refractivity contribution in [1.29, 1.82) is 0 Å². The van der Waals surface area contributed by atoms with Crippen molar-refractivity contribution in [3.05, 3.63) is 53.9 Å². The van der Waals surface area contributed by atoms with Crippen LogP contribution in [0.25, 0.3) is 0 Å². The molecular formula is C23H34N2O4S. The predicted molar refractivity (Wildman–Crippen MR) is 118 cm³/mol. The van der Waals surface area contributed by atoms with Crippen LogP contribution in [0.5, 0.6) is 0 Å². The van der Waals surface area contributed by atoms with E-state index < -0.39 is 20.5 Å². The van der Waals surface area contributed by atoms with Crippen LogP contribution < -0.4 is 5.48 Å². The number of carbonyl (C=O) groups excluding carboxylic acids is 1. The summed E-state index contributed by atoms with van der Waals surface area (Å²) in [7, 11) is -4.12. The van der Waals surface area contributed by atoms with Crippen molar-refractivity contribution in [1.82, 2.24) is 10.5 Å². The number of hydrogen-bond donors (Lipinski definition) is 3. The minimum Gasteiger partial charge on any atom is -0.363 e. The number of unbranched alkanes of at least 4 members (excludes halogenated alkanes) is 7. The van der Waals surface area contributed by atoms with Crippen LogP contribution in [0.2, 0.25) is 0 Å². The summed E-state index contributed by atoms with van der Waals surface area (Å²) in [6, 6.07) is 9.69. The quantitative estimate of drug-likeness (QED) is 0.234. The molecule has 2 aromatic rings. The Morgan fingerprint density at radius 3 is 2.13 bits per heavy atom. The van der Waals surface area contributed by atoms with Crippen LogP contribution in [0.15, 0.2) is 47.5 Å². The van der Waals surface area contributed by atoms with Crippen molar-refractivity contribution in [2.45, 2.75) is 81.3 Å². The lowest BCUT2D eigenvalue weighted by molar-refractivity contribution is -0.132. The second kappa shape index (κ2) is 11.3. The third-order valence-electron chi connectivity index (χ3n) is 5.67. The smallest absolute Gasteiger partial charge is 0.271 e. The number of hydroxylamine groups is 1. The zero-order valence-corrected chi connectivity index (χ0v) is 18.8. The Bertz CT molecular complexity index is 876. The third-order valence-corrected chi connectivity index (χ3v) is 8.09. The highest BCUT2D eigenvalue weighted by Gasteiger charge is 2.53. The van der Waals surface area contributed by atoms with Crippen LogP contribution in [0.3, 0.4) is 0 Å². The molecule has 0 saturated carbocycles. The maximum atomic E-state index is 13.7. The van der Waals surface area contributed by atoms with E-state index in [0.29, 0.717) is 6.42 Å². The fraction of sp³-hybridized carbons (Fsp3) is 0.522. The van der Waals surface area contributed by atoms with Gasteiger partial charge in [-0.1, -0.05) is 76.0 Å². The molecular weight excluding hydrogens is 400 g/mol. The normalized spacial score (nSPS) is 13.7. The lowest BCUT2D eigenvalue weighted by Gasteiger charge is -2.30. The minimum atomic E-state index is -4.12. The summed E-state index contributed by atoms with van der Waals surface area (Å²) in [5.74, 6) is -0.937. The van der Waals surface area contributed by atoms with Gasteiger partial charge in [0.2, 0.25) is 0 Å². The summed E-state index contributed by atoms with van der Waals surface area (Å²) in [6.45, 7) is 4.05. The summed E-state index contributed by atoms with van der Waals surface area (Å²) in [6.07, 6.45) is 10.0. The molecule has 0 aliphatic carbocycles. The maximum Gasteiger partial charge on any atom is 0.271 e. The van der Waals surface area contributed by atoms with Gasteiger partial charge in [0, 0.05) is 11.9 Å². The molecule has 0 aliphatic heterocycles. The first-order valence-corrected chi connectivity index (χ1v) is 12.3. The number of amides is 1. The lowest BCUT2D eigenvalue weighted by atomic mass is 9.95. The molecule has 1 heterocycles. The zero-order valence-electron chi connectivity index (χ0n) is 18.0. The van der Waals surface area contributed by atoms with Crippen LogP contribution in [-0.2, 0) is 19.4 Å². The number of hydrogen-bond acceptors (Lipinski definition) is 4. The van der Waals surface area contributed by atoms with E-state index in [1.54, 1.807) is 35.9 Å². The van der Waals surface area contributed by atoms with E-state index in [2.05, 4.69) is 11.9 Å². The van der Waals surface area contributed by atoms with Gasteiger partial charge < -0.3 is 4.98 Å². The average Bonchev–Trinajstić information content (AvgIpc) is 3.27. The monoisotopic (exact) mass is 434 g/mol. The Balaban J connectivity index is 2.29. The molecule has 166 valence electrons. The Labute approximate surface area is 180 Å². The molecule has 2 rings (SSSR count). The van der Waals surface area contributed by atoms with Crippen molar-refractivity contribution in [3.63, 3.8) is 0 Å². The van der Waals surface area contributed by atoms with Crippen molar-refractivity contribution in [2.75, 3.05) is 0 Å². The first kappa shape index (κ1) is 24.2. The number of carbonyl (C=O) groups is 1. The molecule has 1 atom stereocenters. The van der Waals surface area contributed by atoms with E-state index in [1.165, 1.54) is 37.8 Å². The Kier molecular flexibility index (Phi) is 9.11. The number of H-pyrrole nitrogens is 1. The highest BCUT2D eigenvalue weighted by atomic mass is 32.2. The van der Waals surface area contributed by atoms with Gasteiger partial charge >= 0.3 is 0 Å². The number of aromatic amines is 1. The molecule has 0 aliphatic rings. The molecule has 6 nitrogen and oxygen atoms in total. The van der Waals surface area contributed by atoms with E-state index in [0.717, 1.165) is 24.8 Å². The Hall–Kier alpha value is -2.12. The molecule has 1 aromatic heterocycles. The molecule has 1 amide bonds. The SMILES string of the molecule is CCCCCCCCCCC(C(=O)NO)(c1ccc[nH]1)S(=O)(=O)c1ccc(C)cc1. The molecule has 0 fully saturated rings. The minimum absolute atomic E-state index is 0.0610. The van der Waals surface area contributed by atoms with Gasteiger partial charge in [-0.15, -0.1) is 0 Å². The number of aromatic nitrogens is 1. The molecule has 30 heavy (non-hydrogen) atoms. The van der Waals surface area contributed by atoms with Gasteiger partial charge in [0.05, 0.1) is 4.90 Å². The lowest BCUT2D eigenvalue weighted by Crippen LogP contribution is -2.49. The topological polar surface area (TPSA) is 99.3 Å². The van der Waals surface area contributed by atoms with Gasteiger partial charge in [-0.25, -0.2) is 13.9 Å². The molecule has 1 unspecified atom stereocenters. The summed E-state index contributed by atoms with van der Waals surface area (Å²) >= 11 is 0. The first-order valence-electron chi connectivity index (χ1n) is 10.8. The van der Waals surface area contributed by atoms with Crippen molar-refractivity contribution >= 4 is 15.7 Å². The Morgan fingerprint density at radius 1 is 1.00 bits per heavy atom. The van der Waals surface area contributed by atoms with Gasteiger partial charge in [-0.3, -0.25) is 10.0 Å². The van der Waals surface area contributed by atoms with Gasteiger partial charge in [0.15, 0.2) is 14.6 Å². The van der Waals surface area contributed by atoms with Crippen LogP contribution >= 0.6 is 0 Å². The van der Waals surface area contributed by atoms with Crippen LogP contribution in [0.1, 0.15) is 76.0 Å². The maximum absolute atomic E-state index is 13.7. The zero-order chi connectivity index (χ0) is 22.0. The Morgan fingerprint density at radius 2 is 1.60 bits per heavy atom. The molecule has 0 radical (unpaired) electrons. The van der Waals surface area contributed by atoms with E-state index in [4.69, 9.17) is 0 Å². The largest absolute Gasteiger partial charge is 0.363 e. The fourth-order valence-corrected chi connectivity index (χ4v) is 5.89. The summed E-state index contributed by atoms with van der Waals surface area (Å²) in [5, 5.41) is 9.47. The van der Waals surface area contributed by atoms with Gasteiger partial charge in [-0.2, -0.15) is 0 Å². The van der Waals surface area contributed by atoms with Crippen LogP contribution in [0, 0.1) is 6.92 Å². The summed E-state index contributed by atoms with van der Waals surface area (Å²) < 4.78 is 25.5. The second-order valence-electron chi connectivity index (χ2n) is 7.89. The molecule has 1 aromatic carbocycles. The molecule has 0 saturated heterocycles. The summed E-state index contributed by atoms with van der Waals surface area (Å²) in [5.41, 5.74) is 2.81. The number of sulfone groups is 1. The highest BCUT2D eigenvalue weighted by Crippen LogP contribution is 2.40. The highest BCUT2D eigenvalue weighted by molar-refractivity contribution is 7.93. The predicted octanol–water partition coefficient (Wildman–Crippen LogP) is 5.03. The number of nitrogens with one attached hydrogen (secondary N) is 2. The average molecular weight is 435 g/mol. The van der Waals surface area contributed by atoms with Crippen LogP contribution in [0.4, 0.5) is 0 Å². The van der Waals surface area contributed by atoms with Gasteiger partial charge in [0.1, 0.15) is 0 Å². The second-order valence-corrected chi connectivity index (χ2v) is 10.1. The van der Waals surface area contributed by atoms with Gasteiger partial charge in [0.25, 0.3) is 5.91 Å². The van der Waals surface area contributed by atoms with Crippen molar-refractivity contribution in [3.8, 4) is 0 Å². The molecule has 0 spiro atoms. The molecule has 7 heteroatoms. The molecule has 3 N–H and O–H groups in total. The van der Waals surface area contributed by atoms with Gasteiger partial charge in [-0.05, 0) is 37.6 Å². The fourth-order valence-electron chi connectivity index (χ4n) is 3.87. The third kappa shape index (κ3) is 5.32. The summed E-state index contributed by atoms with van der Waals surface area (Å²) in [4.78, 5) is 15.9. The molecule has 0 bridgehead atoms. The first-order chi connectivity index (χ1) is 14.4.